The molecule has 3 N–H and O–H groups in total. The zero-order valence-corrected chi connectivity index (χ0v) is 16.6. The van der Waals surface area contributed by atoms with E-state index in [4.69, 9.17) is 0 Å². The molecular formula is C19H25N6O3+. The highest BCUT2D eigenvalue weighted by Gasteiger charge is 2.37. The number of H-pyrrole nitrogens is 1. The highest BCUT2D eigenvalue weighted by atomic mass is 16.2. The van der Waals surface area contributed by atoms with Gasteiger partial charge in [0, 0.05) is 18.0 Å². The number of aryl methyl sites for hydroxylation is 1. The minimum atomic E-state index is -0.496. The maximum Gasteiger partial charge on any atom is 0.278 e. The fraction of sp³-hybridized carbons (Fsp3) is 0.421. The Morgan fingerprint density at radius 2 is 2.04 bits per heavy atom. The van der Waals surface area contributed by atoms with E-state index < -0.39 is 5.56 Å². The lowest BCUT2D eigenvalue weighted by Gasteiger charge is -2.38. The number of fused-ring (bicyclic) bond motifs is 1. The van der Waals surface area contributed by atoms with Gasteiger partial charge in [-0.2, -0.15) is 4.98 Å². The lowest BCUT2D eigenvalue weighted by molar-refractivity contribution is -0.671. The molecule has 0 saturated carbocycles. The van der Waals surface area contributed by atoms with Gasteiger partial charge in [0.05, 0.1) is 6.04 Å². The Hall–Kier alpha value is -3.23. The molecule has 3 rings (SSSR count). The number of hydrogen-bond acceptors (Lipinski definition) is 5. The summed E-state index contributed by atoms with van der Waals surface area (Å²) in [6, 6.07) is 3.07. The second kappa shape index (κ2) is 7.41. The standard InChI is InChI=1S/C19H24N6O3/c1-10(2)16(26)22-19-21-15-14(17(27)23-19)25(12(4)11(3)20-15)18(28)13-7-6-8-24(5)9-13/h6-12H,1-5H3,(H2-,20,21,22,23,26,27)/p+1. The monoisotopic (exact) mass is 385 g/mol. The van der Waals surface area contributed by atoms with Gasteiger partial charge in [-0.25, -0.2) is 4.57 Å². The van der Waals surface area contributed by atoms with Gasteiger partial charge in [-0.05, 0) is 19.9 Å². The Kier molecular flexibility index (Phi) is 5.17. The molecule has 3 heterocycles. The molecule has 2 atom stereocenters. The van der Waals surface area contributed by atoms with E-state index in [0.29, 0.717) is 5.56 Å². The van der Waals surface area contributed by atoms with Crippen molar-refractivity contribution < 1.29 is 14.2 Å². The minimum Gasteiger partial charge on any atom is -0.364 e. The van der Waals surface area contributed by atoms with Crippen molar-refractivity contribution in [2.24, 2.45) is 13.0 Å². The third kappa shape index (κ3) is 3.60. The number of aromatic nitrogens is 3. The first kappa shape index (κ1) is 19.5. The van der Waals surface area contributed by atoms with Crippen LogP contribution in [0.3, 0.4) is 0 Å². The molecule has 148 valence electrons. The predicted octanol–water partition coefficient (Wildman–Crippen LogP) is 1.04. The number of rotatable bonds is 3. The smallest absolute Gasteiger partial charge is 0.278 e. The summed E-state index contributed by atoms with van der Waals surface area (Å²) < 4.78 is 1.78. The number of nitrogens with zero attached hydrogens (tertiary/aromatic N) is 3. The number of carbonyl (C=O) groups is 2. The van der Waals surface area contributed by atoms with Crippen molar-refractivity contribution in [3.63, 3.8) is 0 Å². The van der Waals surface area contributed by atoms with Gasteiger partial charge >= 0.3 is 0 Å². The SMILES string of the molecule is CC(C)C(=O)Nc1nc2c(c(=O)[nH]1)N(C(=O)c1ccc[n+](C)c1)C(C)C(C)N2. The van der Waals surface area contributed by atoms with Crippen LogP contribution in [0.15, 0.2) is 29.3 Å². The van der Waals surface area contributed by atoms with Crippen molar-refractivity contribution in [2.45, 2.75) is 39.8 Å². The van der Waals surface area contributed by atoms with Crippen molar-refractivity contribution in [3.05, 3.63) is 40.4 Å². The topological polar surface area (TPSA) is 111 Å². The maximum absolute atomic E-state index is 13.2. The number of amides is 2. The number of hydrogen-bond donors (Lipinski definition) is 3. The van der Waals surface area contributed by atoms with Gasteiger partial charge in [0.25, 0.3) is 11.5 Å². The average molecular weight is 385 g/mol. The molecule has 0 radical (unpaired) electrons. The fourth-order valence-corrected chi connectivity index (χ4v) is 3.01. The van der Waals surface area contributed by atoms with Gasteiger partial charge in [0.15, 0.2) is 23.9 Å². The predicted molar refractivity (Wildman–Crippen MR) is 105 cm³/mol. The largest absolute Gasteiger partial charge is 0.364 e. The van der Waals surface area contributed by atoms with E-state index in [-0.39, 0.29) is 47.3 Å². The summed E-state index contributed by atoms with van der Waals surface area (Å²) in [5.41, 5.74) is 0.113. The van der Waals surface area contributed by atoms with Gasteiger partial charge in [0.2, 0.25) is 11.9 Å². The third-order valence-electron chi connectivity index (χ3n) is 4.80. The molecule has 1 aliphatic heterocycles. The van der Waals surface area contributed by atoms with Crippen LogP contribution in [0.1, 0.15) is 38.1 Å². The van der Waals surface area contributed by atoms with Crippen LogP contribution >= 0.6 is 0 Å². The first-order chi connectivity index (χ1) is 13.2. The molecule has 0 bridgehead atoms. The number of nitrogens with one attached hydrogen (secondary N) is 3. The normalized spacial score (nSPS) is 18.4. The minimum absolute atomic E-state index is 0.0511. The molecule has 2 amide bonds. The molecule has 2 aromatic rings. The highest BCUT2D eigenvalue weighted by molar-refractivity contribution is 6.08. The number of anilines is 3. The van der Waals surface area contributed by atoms with Crippen LogP contribution in [0.5, 0.6) is 0 Å². The molecule has 2 aromatic heterocycles. The van der Waals surface area contributed by atoms with E-state index in [1.807, 2.05) is 27.1 Å². The van der Waals surface area contributed by atoms with Crippen molar-refractivity contribution in [2.75, 3.05) is 15.5 Å². The van der Waals surface area contributed by atoms with Crippen LogP contribution in [0.25, 0.3) is 0 Å². The van der Waals surface area contributed by atoms with Crippen LogP contribution in [-0.2, 0) is 11.8 Å². The molecule has 28 heavy (non-hydrogen) atoms. The van der Waals surface area contributed by atoms with Crippen molar-refractivity contribution in [3.8, 4) is 0 Å². The lowest BCUT2D eigenvalue weighted by atomic mass is 10.0. The molecule has 2 unspecified atom stereocenters. The Balaban J connectivity index is 2.06. The maximum atomic E-state index is 13.2. The molecule has 9 nitrogen and oxygen atoms in total. The first-order valence-corrected chi connectivity index (χ1v) is 9.19. The Morgan fingerprint density at radius 3 is 2.68 bits per heavy atom. The van der Waals surface area contributed by atoms with Crippen LogP contribution in [0, 0.1) is 5.92 Å². The summed E-state index contributed by atoms with van der Waals surface area (Å²) in [5, 5.41) is 5.75. The third-order valence-corrected chi connectivity index (χ3v) is 4.80. The summed E-state index contributed by atoms with van der Waals surface area (Å²) in [6.45, 7) is 7.27. The quantitative estimate of drug-likeness (QED) is 0.684. The van der Waals surface area contributed by atoms with E-state index in [1.165, 1.54) is 4.90 Å². The van der Waals surface area contributed by atoms with Gasteiger partial charge in [-0.3, -0.25) is 29.6 Å². The molecule has 0 fully saturated rings. The summed E-state index contributed by atoms with van der Waals surface area (Å²) in [6.07, 6.45) is 3.53. The molecule has 0 saturated heterocycles. The zero-order chi connectivity index (χ0) is 20.6. The molecule has 0 aromatic carbocycles. The van der Waals surface area contributed by atoms with Gasteiger partial charge in [-0.1, -0.05) is 13.8 Å². The van der Waals surface area contributed by atoms with Gasteiger partial charge < -0.3 is 5.32 Å². The van der Waals surface area contributed by atoms with Crippen molar-refractivity contribution >= 4 is 29.3 Å². The van der Waals surface area contributed by atoms with E-state index in [0.717, 1.165) is 0 Å². The Morgan fingerprint density at radius 1 is 1.32 bits per heavy atom. The van der Waals surface area contributed by atoms with Crippen LogP contribution in [-0.4, -0.2) is 33.9 Å². The number of carbonyl (C=O) groups excluding carboxylic acids is 2. The molecule has 0 aliphatic carbocycles. The average Bonchev–Trinajstić information content (AvgIpc) is 2.62. The summed E-state index contributed by atoms with van der Waals surface area (Å²) in [5.74, 6) is -0.489. The van der Waals surface area contributed by atoms with Crippen molar-refractivity contribution in [1.29, 1.82) is 0 Å². The first-order valence-electron chi connectivity index (χ1n) is 9.19. The second-order valence-electron chi connectivity index (χ2n) is 7.36. The van der Waals surface area contributed by atoms with Gasteiger partial charge in [-0.15, -0.1) is 0 Å². The Bertz CT molecular complexity index is 984. The summed E-state index contributed by atoms with van der Waals surface area (Å²) in [4.78, 5) is 46.3. The Labute approximate surface area is 162 Å². The van der Waals surface area contributed by atoms with Crippen LogP contribution in [0.2, 0.25) is 0 Å². The van der Waals surface area contributed by atoms with Gasteiger partial charge in [0.1, 0.15) is 12.6 Å². The number of aromatic amines is 1. The van der Waals surface area contributed by atoms with Crippen LogP contribution in [0.4, 0.5) is 17.5 Å². The van der Waals surface area contributed by atoms with E-state index >= 15 is 0 Å². The number of pyridine rings is 1. The highest BCUT2D eigenvalue weighted by Crippen LogP contribution is 2.31. The zero-order valence-electron chi connectivity index (χ0n) is 16.6. The lowest BCUT2D eigenvalue weighted by Crippen LogP contribution is -2.53. The molecular weight excluding hydrogens is 360 g/mol. The summed E-state index contributed by atoms with van der Waals surface area (Å²) >= 11 is 0. The van der Waals surface area contributed by atoms with E-state index in [1.54, 1.807) is 36.7 Å². The van der Waals surface area contributed by atoms with E-state index in [9.17, 15) is 14.4 Å². The van der Waals surface area contributed by atoms with E-state index in [2.05, 4.69) is 20.6 Å². The van der Waals surface area contributed by atoms with Crippen LogP contribution < -0.4 is 25.7 Å². The summed E-state index contributed by atoms with van der Waals surface area (Å²) in [7, 11) is 1.83. The second-order valence-corrected chi connectivity index (χ2v) is 7.36. The van der Waals surface area contributed by atoms with Crippen molar-refractivity contribution in [1.82, 2.24) is 9.97 Å². The molecule has 0 spiro atoms. The fourth-order valence-electron chi connectivity index (χ4n) is 3.01. The molecule has 9 heteroatoms. The molecule has 1 aliphatic rings.